The lowest BCUT2D eigenvalue weighted by Gasteiger charge is -2.33. The second-order valence-electron chi connectivity index (χ2n) is 11.9. The fourth-order valence-electron chi connectivity index (χ4n) is 5.38. The van der Waals surface area contributed by atoms with Crippen molar-refractivity contribution in [3.8, 4) is 11.5 Å². The molecular formula is C33H49N5O7. The molecule has 0 fully saturated rings. The van der Waals surface area contributed by atoms with Gasteiger partial charge in [-0.1, -0.05) is 19.9 Å². The van der Waals surface area contributed by atoms with Gasteiger partial charge in [-0.2, -0.15) is 5.10 Å². The van der Waals surface area contributed by atoms with Crippen molar-refractivity contribution < 1.29 is 33.4 Å². The third-order valence-electron chi connectivity index (χ3n) is 8.07. The first kappa shape index (κ1) is 35.4. The number of nitrogens with one attached hydrogen (secondary N) is 2. The molecule has 0 spiro atoms. The van der Waals surface area contributed by atoms with Crippen molar-refractivity contribution in [1.82, 2.24) is 25.3 Å². The van der Waals surface area contributed by atoms with Crippen LogP contribution in [0, 0.1) is 11.3 Å². The van der Waals surface area contributed by atoms with Crippen LogP contribution in [-0.2, 0) is 43.8 Å². The molecule has 2 N–H and O–H groups in total. The molecule has 4 rings (SSSR count). The van der Waals surface area contributed by atoms with E-state index in [-0.39, 0.29) is 69.4 Å². The molecule has 12 heteroatoms. The number of ether oxygens (including phenoxy) is 3. The van der Waals surface area contributed by atoms with Gasteiger partial charge in [0.1, 0.15) is 0 Å². The fourth-order valence-corrected chi connectivity index (χ4v) is 5.38. The Hall–Kier alpha value is -4.09. The molecule has 0 saturated carbocycles. The molecule has 248 valence electrons. The number of aryl methyl sites for hydroxylation is 2. The van der Waals surface area contributed by atoms with Crippen molar-refractivity contribution in [1.29, 1.82) is 0 Å². The largest absolute Gasteiger partial charge is 0.493 e. The van der Waals surface area contributed by atoms with Gasteiger partial charge in [-0.05, 0) is 68.7 Å². The van der Waals surface area contributed by atoms with Crippen LogP contribution in [0.25, 0.3) is 0 Å². The topological polar surface area (TPSA) is 141 Å². The van der Waals surface area contributed by atoms with Gasteiger partial charge in [0.25, 0.3) is 5.91 Å². The normalized spacial score (nSPS) is 18.7. The first-order valence-corrected chi connectivity index (χ1v) is 15.8. The number of benzene rings is 1. The van der Waals surface area contributed by atoms with Gasteiger partial charge in [-0.25, -0.2) is 0 Å². The number of nitrogens with zero attached hydrogens (tertiary/aromatic N) is 3. The average molecular weight is 628 g/mol. The highest BCUT2D eigenvalue weighted by Crippen LogP contribution is 2.35. The first-order chi connectivity index (χ1) is 21.6. The number of hydrogen-bond donors (Lipinski definition) is 2. The molecule has 2 aliphatic heterocycles. The Kier molecular flexibility index (Phi) is 13.7. The zero-order valence-electron chi connectivity index (χ0n) is 27.4. The van der Waals surface area contributed by atoms with Crippen LogP contribution in [0.15, 0.2) is 30.5 Å². The number of carbonyl (C=O) groups is 4. The van der Waals surface area contributed by atoms with Crippen molar-refractivity contribution in [3.63, 3.8) is 0 Å². The summed E-state index contributed by atoms with van der Waals surface area (Å²) >= 11 is 0. The highest BCUT2D eigenvalue weighted by molar-refractivity contribution is 5.81. The minimum Gasteiger partial charge on any atom is -0.493 e. The highest BCUT2D eigenvalue weighted by Gasteiger charge is 2.40. The zero-order valence-corrected chi connectivity index (χ0v) is 27.4. The standard InChI is InChI=1S/C33H49N5O7/c1-6-44-32(42)33(15-13-24(2)3)21-25-9-11-27(28(20-25)43-5)45-22-30(40)34-17-19-38(18-7-8-29(39)35-23-33)31(41)12-10-26-14-16-36-37(26)4/h9,11,14,16,20,24H,6-8,10,12-13,15,17-19,21-23H2,1-5H3,(H,34,40)(H,35,39). The predicted molar refractivity (Wildman–Crippen MR) is 169 cm³/mol. The monoisotopic (exact) mass is 627 g/mol. The summed E-state index contributed by atoms with van der Waals surface area (Å²) < 4.78 is 18.6. The van der Waals surface area contributed by atoms with E-state index in [1.165, 1.54) is 7.11 Å². The van der Waals surface area contributed by atoms with Crippen LogP contribution in [0.2, 0.25) is 0 Å². The predicted octanol–water partition coefficient (Wildman–Crippen LogP) is 2.82. The molecule has 12 nitrogen and oxygen atoms in total. The van der Waals surface area contributed by atoms with E-state index in [2.05, 4.69) is 29.6 Å². The molecule has 45 heavy (non-hydrogen) atoms. The second-order valence-corrected chi connectivity index (χ2v) is 11.9. The number of esters is 1. The summed E-state index contributed by atoms with van der Waals surface area (Å²) in [5.74, 6) is 0.166. The van der Waals surface area contributed by atoms with Gasteiger partial charge >= 0.3 is 5.97 Å². The molecule has 1 aromatic carbocycles. The first-order valence-electron chi connectivity index (χ1n) is 15.8. The molecule has 0 aliphatic carbocycles. The molecule has 1 unspecified atom stereocenters. The smallest absolute Gasteiger partial charge is 0.314 e. The van der Waals surface area contributed by atoms with E-state index >= 15 is 0 Å². The number of methoxy groups -OCH3 is 1. The minimum absolute atomic E-state index is 0.0763. The van der Waals surface area contributed by atoms with Crippen LogP contribution in [0.5, 0.6) is 11.5 Å². The number of rotatable bonds is 9. The van der Waals surface area contributed by atoms with Crippen molar-refractivity contribution in [2.24, 2.45) is 18.4 Å². The maximum absolute atomic E-state index is 13.6. The molecule has 2 bridgehead atoms. The van der Waals surface area contributed by atoms with E-state index in [9.17, 15) is 19.2 Å². The molecule has 0 radical (unpaired) electrons. The van der Waals surface area contributed by atoms with Gasteiger partial charge in [-0.3, -0.25) is 23.9 Å². The Morgan fingerprint density at radius 3 is 2.62 bits per heavy atom. The number of hydrogen-bond acceptors (Lipinski definition) is 8. The SMILES string of the molecule is CCOC(=O)C1(CCC(C)C)CNC(=O)CCCN(C(=O)CCc2ccnn2C)CCNC(=O)COc2ccc(cc2OC)C1. The third-order valence-corrected chi connectivity index (χ3v) is 8.07. The summed E-state index contributed by atoms with van der Waals surface area (Å²) in [6.45, 7) is 6.93. The Morgan fingerprint density at radius 2 is 1.93 bits per heavy atom. The van der Waals surface area contributed by atoms with Crippen molar-refractivity contribution in [2.75, 3.05) is 46.5 Å². The molecule has 2 aromatic rings. The van der Waals surface area contributed by atoms with E-state index in [1.807, 2.05) is 19.2 Å². The Bertz CT molecular complexity index is 1290. The molecule has 3 heterocycles. The minimum atomic E-state index is -1.00. The average Bonchev–Trinajstić information content (AvgIpc) is 3.43. The number of fused-ring (bicyclic) bond motifs is 16. The van der Waals surface area contributed by atoms with E-state index in [0.717, 1.165) is 17.7 Å². The molecular weight excluding hydrogens is 578 g/mol. The summed E-state index contributed by atoms with van der Waals surface area (Å²) in [6.07, 6.45) is 4.69. The molecule has 2 aliphatic rings. The lowest BCUT2D eigenvalue weighted by atomic mass is 9.76. The van der Waals surface area contributed by atoms with Gasteiger partial charge in [0.05, 0.1) is 19.1 Å². The van der Waals surface area contributed by atoms with Crippen LogP contribution < -0.4 is 20.1 Å². The van der Waals surface area contributed by atoms with Gasteiger partial charge in [-0.15, -0.1) is 0 Å². The second kappa shape index (κ2) is 17.4. The van der Waals surface area contributed by atoms with Crippen molar-refractivity contribution in [3.05, 3.63) is 41.7 Å². The third kappa shape index (κ3) is 10.8. The Labute approximate surface area is 266 Å². The zero-order chi connectivity index (χ0) is 32.8. The van der Waals surface area contributed by atoms with Gasteiger partial charge in [0.15, 0.2) is 18.1 Å². The molecule has 3 amide bonds. The summed E-state index contributed by atoms with van der Waals surface area (Å²) in [5.41, 5.74) is 0.754. The van der Waals surface area contributed by atoms with Crippen LogP contribution in [0.4, 0.5) is 0 Å². The Balaban J connectivity index is 1.85. The summed E-state index contributed by atoms with van der Waals surface area (Å²) in [7, 11) is 3.34. The van der Waals surface area contributed by atoms with Crippen molar-refractivity contribution in [2.45, 2.75) is 65.7 Å². The van der Waals surface area contributed by atoms with Crippen LogP contribution in [-0.4, -0.2) is 84.9 Å². The Morgan fingerprint density at radius 1 is 1.13 bits per heavy atom. The van der Waals surface area contributed by atoms with Gasteiger partial charge in [0, 0.05) is 58.0 Å². The quantitative estimate of drug-likeness (QED) is 0.320. The summed E-state index contributed by atoms with van der Waals surface area (Å²) in [5, 5.41) is 9.97. The molecule has 1 atom stereocenters. The van der Waals surface area contributed by atoms with Crippen LogP contribution in [0.3, 0.4) is 0 Å². The lowest BCUT2D eigenvalue weighted by Crippen LogP contribution is -2.46. The van der Waals surface area contributed by atoms with Crippen molar-refractivity contribution >= 4 is 23.7 Å². The van der Waals surface area contributed by atoms with E-state index in [4.69, 9.17) is 14.2 Å². The van der Waals surface area contributed by atoms with Crippen LogP contribution >= 0.6 is 0 Å². The maximum atomic E-state index is 13.6. The highest BCUT2D eigenvalue weighted by atomic mass is 16.5. The number of amides is 3. The fraction of sp³-hybridized carbons (Fsp3) is 0.606. The van der Waals surface area contributed by atoms with Gasteiger partial charge in [0.2, 0.25) is 11.8 Å². The molecule has 0 saturated heterocycles. The van der Waals surface area contributed by atoms with E-state index in [1.54, 1.807) is 34.8 Å². The van der Waals surface area contributed by atoms with Crippen LogP contribution in [0.1, 0.15) is 64.1 Å². The summed E-state index contributed by atoms with van der Waals surface area (Å²) in [6, 6.07) is 7.22. The maximum Gasteiger partial charge on any atom is 0.314 e. The number of carbonyl (C=O) groups excluding carboxylic acids is 4. The lowest BCUT2D eigenvalue weighted by molar-refractivity contribution is -0.156. The van der Waals surface area contributed by atoms with E-state index in [0.29, 0.717) is 49.6 Å². The molecule has 1 aromatic heterocycles. The number of aromatic nitrogens is 2. The summed E-state index contributed by atoms with van der Waals surface area (Å²) in [4.78, 5) is 54.2. The van der Waals surface area contributed by atoms with Gasteiger partial charge < -0.3 is 29.7 Å². The van der Waals surface area contributed by atoms with E-state index < -0.39 is 5.41 Å².